The summed E-state index contributed by atoms with van der Waals surface area (Å²) in [4.78, 5) is 12.2. The van der Waals surface area contributed by atoms with E-state index in [2.05, 4.69) is 15.5 Å². The third kappa shape index (κ3) is 4.26. The van der Waals surface area contributed by atoms with Gasteiger partial charge < -0.3 is 0 Å². The highest BCUT2D eigenvalue weighted by molar-refractivity contribution is 7.94. The van der Waals surface area contributed by atoms with Crippen LogP contribution >= 0.6 is 22.9 Å². The number of amides is 1. The molecule has 1 N–H and O–H groups in total. The Labute approximate surface area is 165 Å². The lowest BCUT2D eigenvalue weighted by Crippen LogP contribution is -2.26. The van der Waals surface area contributed by atoms with Gasteiger partial charge in [0.1, 0.15) is 0 Å². The molecule has 0 aliphatic rings. The third-order valence-electron chi connectivity index (χ3n) is 3.71. The van der Waals surface area contributed by atoms with Gasteiger partial charge in [0.15, 0.2) is 0 Å². The standard InChI is InChI=1S/C17H15ClN4O3S2/c1-11-3-5-12(6-4-11)15(23)19-16-20-21-17(26-16)27(24,25)22(2)14-9-7-13(18)8-10-14/h3-10H,1-2H3,(H,19,20,23). The Bertz CT molecular complexity index is 1060. The predicted octanol–water partition coefficient (Wildman–Crippen LogP) is 3.58. The number of benzene rings is 2. The molecule has 0 radical (unpaired) electrons. The highest BCUT2D eigenvalue weighted by Crippen LogP contribution is 2.27. The van der Waals surface area contributed by atoms with E-state index in [1.54, 1.807) is 36.4 Å². The predicted molar refractivity (Wildman–Crippen MR) is 106 cm³/mol. The Morgan fingerprint density at radius 1 is 1.07 bits per heavy atom. The molecule has 1 amide bonds. The van der Waals surface area contributed by atoms with Gasteiger partial charge in [-0.05, 0) is 43.3 Å². The minimum atomic E-state index is -3.91. The zero-order chi connectivity index (χ0) is 19.6. The molecule has 0 unspecified atom stereocenters. The van der Waals surface area contributed by atoms with E-state index >= 15 is 0 Å². The highest BCUT2D eigenvalue weighted by Gasteiger charge is 2.26. The molecule has 10 heteroatoms. The molecule has 0 aliphatic heterocycles. The van der Waals surface area contributed by atoms with Gasteiger partial charge in [-0.3, -0.25) is 14.4 Å². The van der Waals surface area contributed by atoms with Gasteiger partial charge in [0.25, 0.3) is 20.3 Å². The molecule has 1 aromatic heterocycles. The van der Waals surface area contributed by atoms with Crippen LogP contribution in [0.25, 0.3) is 0 Å². The summed E-state index contributed by atoms with van der Waals surface area (Å²) in [6.45, 7) is 1.92. The van der Waals surface area contributed by atoms with Crippen molar-refractivity contribution in [2.24, 2.45) is 0 Å². The molecule has 7 nitrogen and oxygen atoms in total. The number of carbonyl (C=O) groups excluding carboxylic acids is 1. The van der Waals surface area contributed by atoms with Crippen LogP contribution < -0.4 is 9.62 Å². The van der Waals surface area contributed by atoms with E-state index in [9.17, 15) is 13.2 Å². The molecule has 1 heterocycles. The van der Waals surface area contributed by atoms with E-state index < -0.39 is 10.0 Å². The first-order valence-electron chi connectivity index (χ1n) is 7.73. The van der Waals surface area contributed by atoms with Crippen molar-refractivity contribution in [2.45, 2.75) is 11.3 Å². The summed E-state index contributed by atoms with van der Waals surface area (Å²) >= 11 is 6.61. The molecule has 0 fully saturated rings. The average Bonchev–Trinajstić information content (AvgIpc) is 3.11. The fraction of sp³-hybridized carbons (Fsp3) is 0.118. The summed E-state index contributed by atoms with van der Waals surface area (Å²) in [5.74, 6) is -0.388. The first kappa shape index (κ1) is 19.3. The maximum absolute atomic E-state index is 12.7. The molecule has 0 aliphatic carbocycles. The lowest BCUT2D eigenvalue weighted by Gasteiger charge is -2.17. The van der Waals surface area contributed by atoms with E-state index in [0.29, 0.717) is 16.3 Å². The largest absolute Gasteiger partial charge is 0.296 e. The van der Waals surface area contributed by atoms with E-state index in [4.69, 9.17) is 11.6 Å². The number of anilines is 2. The SMILES string of the molecule is Cc1ccc(C(=O)Nc2nnc(S(=O)(=O)N(C)c3ccc(Cl)cc3)s2)cc1. The molecule has 27 heavy (non-hydrogen) atoms. The Morgan fingerprint density at radius 3 is 2.33 bits per heavy atom. The van der Waals surface area contributed by atoms with Crippen LogP contribution in [0.15, 0.2) is 52.9 Å². The quantitative estimate of drug-likeness (QED) is 0.634. The Hall–Kier alpha value is -2.49. The van der Waals surface area contributed by atoms with Crippen LogP contribution in [0.2, 0.25) is 5.02 Å². The number of nitrogens with zero attached hydrogens (tertiary/aromatic N) is 3. The molecule has 0 saturated carbocycles. The van der Waals surface area contributed by atoms with Crippen molar-refractivity contribution >= 4 is 49.7 Å². The van der Waals surface area contributed by atoms with Crippen LogP contribution in [-0.4, -0.2) is 31.6 Å². The van der Waals surface area contributed by atoms with Gasteiger partial charge in [-0.25, -0.2) is 0 Å². The Morgan fingerprint density at radius 2 is 1.70 bits per heavy atom. The van der Waals surface area contributed by atoms with Crippen molar-refractivity contribution in [3.63, 3.8) is 0 Å². The molecule has 140 valence electrons. The van der Waals surface area contributed by atoms with Gasteiger partial charge in [-0.2, -0.15) is 8.42 Å². The third-order valence-corrected chi connectivity index (χ3v) is 6.93. The maximum atomic E-state index is 12.7. The summed E-state index contributed by atoms with van der Waals surface area (Å²) in [7, 11) is -2.50. The minimum Gasteiger partial charge on any atom is -0.296 e. The molecule has 0 atom stereocenters. The minimum absolute atomic E-state index is 0.101. The van der Waals surface area contributed by atoms with Gasteiger partial charge in [-0.1, -0.05) is 40.6 Å². The van der Waals surface area contributed by atoms with Crippen molar-refractivity contribution in [3.05, 3.63) is 64.7 Å². The zero-order valence-electron chi connectivity index (χ0n) is 14.4. The topological polar surface area (TPSA) is 92.3 Å². The van der Waals surface area contributed by atoms with E-state index in [1.807, 2.05) is 19.1 Å². The van der Waals surface area contributed by atoms with Gasteiger partial charge in [-0.15, -0.1) is 10.2 Å². The van der Waals surface area contributed by atoms with E-state index in [1.165, 1.54) is 7.05 Å². The number of hydrogen-bond donors (Lipinski definition) is 1. The number of hydrogen-bond acceptors (Lipinski definition) is 6. The number of sulfonamides is 1. The normalized spacial score (nSPS) is 11.2. The second kappa shape index (κ2) is 7.63. The summed E-state index contributed by atoms with van der Waals surface area (Å²) in [5, 5.41) is 10.6. The Kier molecular flexibility index (Phi) is 5.45. The van der Waals surface area contributed by atoms with Crippen LogP contribution in [0.5, 0.6) is 0 Å². The average molecular weight is 423 g/mol. The van der Waals surface area contributed by atoms with E-state index in [0.717, 1.165) is 21.2 Å². The van der Waals surface area contributed by atoms with Gasteiger partial charge in [0.05, 0.1) is 5.69 Å². The first-order chi connectivity index (χ1) is 12.8. The zero-order valence-corrected chi connectivity index (χ0v) is 16.8. The molecule has 2 aromatic carbocycles. The molecule has 3 rings (SSSR count). The molecule has 3 aromatic rings. The molecule has 0 spiro atoms. The van der Waals surface area contributed by atoms with Crippen molar-refractivity contribution in [1.82, 2.24) is 10.2 Å². The molecule has 0 bridgehead atoms. The lowest BCUT2D eigenvalue weighted by atomic mass is 10.1. The van der Waals surface area contributed by atoms with Crippen LogP contribution in [-0.2, 0) is 10.0 Å². The van der Waals surface area contributed by atoms with Crippen molar-refractivity contribution in [1.29, 1.82) is 0 Å². The van der Waals surface area contributed by atoms with E-state index in [-0.39, 0.29) is 15.4 Å². The number of halogens is 1. The van der Waals surface area contributed by atoms with Crippen molar-refractivity contribution < 1.29 is 13.2 Å². The molecular formula is C17H15ClN4O3S2. The molecular weight excluding hydrogens is 408 g/mol. The number of aryl methyl sites for hydroxylation is 1. The van der Waals surface area contributed by atoms with Crippen LogP contribution in [0, 0.1) is 6.92 Å². The fourth-order valence-corrected chi connectivity index (χ4v) is 4.52. The van der Waals surface area contributed by atoms with Gasteiger partial charge >= 0.3 is 0 Å². The summed E-state index contributed by atoms with van der Waals surface area (Å²) in [6.07, 6.45) is 0. The number of carbonyl (C=O) groups is 1. The van der Waals surface area contributed by atoms with Gasteiger partial charge in [0.2, 0.25) is 5.13 Å². The number of rotatable bonds is 5. The molecule has 0 saturated heterocycles. The number of aromatic nitrogens is 2. The number of nitrogens with one attached hydrogen (secondary N) is 1. The van der Waals surface area contributed by atoms with Crippen LogP contribution in [0.1, 0.15) is 15.9 Å². The second-order valence-electron chi connectivity index (χ2n) is 5.64. The fourth-order valence-electron chi connectivity index (χ4n) is 2.15. The first-order valence-corrected chi connectivity index (χ1v) is 10.4. The van der Waals surface area contributed by atoms with Crippen LogP contribution in [0.3, 0.4) is 0 Å². The summed E-state index contributed by atoms with van der Waals surface area (Å²) < 4.78 is 26.3. The smallest absolute Gasteiger partial charge is 0.293 e. The maximum Gasteiger partial charge on any atom is 0.293 e. The summed E-state index contributed by atoms with van der Waals surface area (Å²) in [5.41, 5.74) is 1.90. The van der Waals surface area contributed by atoms with Gasteiger partial charge in [0, 0.05) is 17.6 Å². The Balaban J connectivity index is 1.78. The van der Waals surface area contributed by atoms with Crippen LogP contribution in [0.4, 0.5) is 10.8 Å². The lowest BCUT2D eigenvalue weighted by molar-refractivity contribution is 0.102. The summed E-state index contributed by atoms with van der Waals surface area (Å²) in [6, 6.07) is 13.3. The monoisotopic (exact) mass is 422 g/mol. The second-order valence-corrected chi connectivity index (χ2v) is 9.20. The van der Waals surface area contributed by atoms with Crippen molar-refractivity contribution in [2.75, 3.05) is 16.7 Å². The highest BCUT2D eigenvalue weighted by atomic mass is 35.5. The van der Waals surface area contributed by atoms with Crippen molar-refractivity contribution in [3.8, 4) is 0 Å².